The van der Waals surface area contributed by atoms with Crippen molar-refractivity contribution in [2.24, 2.45) is 0 Å². The molecular formula is C15H17N. The summed E-state index contributed by atoms with van der Waals surface area (Å²) in [5.74, 6) is 0. The average molecular weight is 211 g/mol. The van der Waals surface area contributed by atoms with Crippen LogP contribution in [0.15, 0.2) is 42.6 Å². The molecule has 0 aliphatic heterocycles. The predicted octanol–water partition coefficient (Wildman–Crippen LogP) is 4.13. The first-order chi connectivity index (χ1) is 7.74. The molecule has 0 radical (unpaired) electrons. The molecular weight excluding hydrogens is 194 g/mol. The van der Waals surface area contributed by atoms with Gasteiger partial charge in [-0.2, -0.15) is 0 Å². The van der Waals surface area contributed by atoms with Crippen molar-refractivity contribution >= 4 is 6.08 Å². The molecule has 16 heavy (non-hydrogen) atoms. The molecule has 0 N–H and O–H groups in total. The van der Waals surface area contributed by atoms with E-state index in [0.29, 0.717) is 0 Å². The van der Waals surface area contributed by atoms with Crippen LogP contribution in [0.1, 0.15) is 23.7 Å². The van der Waals surface area contributed by atoms with E-state index in [4.69, 9.17) is 0 Å². The zero-order chi connectivity index (χ0) is 11.5. The third-order valence-electron chi connectivity index (χ3n) is 2.92. The van der Waals surface area contributed by atoms with E-state index >= 15 is 0 Å². The van der Waals surface area contributed by atoms with Gasteiger partial charge < -0.3 is 4.57 Å². The Hall–Kier alpha value is -1.76. The number of aromatic nitrogens is 1. The summed E-state index contributed by atoms with van der Waals surface area (Å²) in [7, 11) is 0. The zero-order valence-electron chi connectivity index (χ0n) is 10.1. The highest BCUT2D eigenvalue weighted by Gasteiger charge is 2.07. The van der Waals surface area contributed by atoms with Crippen molar-refractivity contribution in [2.75, 3.05) is 0 Å². The highest BCUT2D eigenvalue weighted by molar-refractivity contribution is 5.56. The third kappa shape index (κ3) is 1.81. The second-order valence-corrected chi connectivity index (χ2v) is 4.03. The Kier molecular flexibility index (Phi) is 2.95. The highest BCUT2D eigenvalue weighted by atomic mass is 15.0. The molecule has 0 aliphatic carbocycles. The molecule has 1 nitrogen and oxygen atoms in total. The van der Waals surface area contributed by atoms with Crippen molar-refractivity contribution in [3.63, 3.8) is 0 Å². The largest absolute Gasteiger partial charge is 0.317 e. The Balaban J connectivity index is 2.61. The SMILES string of the molecule is C/C=C\c1c(C)c(C)cn1-c1ccccc1. The summed E-state index contributed by atoms with van der Waals surface area (Å²) in [6.07, 6.45) is 6.44. The molecule has 1 heteroatoms. The Labute approximate surface area is 97.0 Å². The van der Waals surface area contributed by atoms with Gasteiger partial charge in [0.25, 0.3) is 0 Å². The van der Waals surface area contributed by atoms with Crippen molar-refractivity contribution in [1.29, 1.82) is 0 Å². The Bertz CT molecular complexity index is 504. The van der Waals surface area contributed by atoms with Crippen molar-refractivity contribution in [2.45, 2.75) is 20.8 Å². The molecule has 0 amide bonds. The van der Waals surface area contributed by atoms with Gasteiger partial charge >= 0.3 is 0 Å². The van der Waals surface area contributed by atoms with E-state index in [1.807, 2.05) is 6.07 Å². The molecule has 0 saturated heterocycles. The van der Waals surface area contributed by atoms with Crippen LogP contribution in [0.25, 0.3) is 11.8 Å². The number of allylic oxidation sites excluding steroid dienone is 1. The predicted molar refractivity (Wildman–Crippen MR) is 70.0 cm³/mol. The van der Waals surface area contributed by atoms with Crippen LogP contribution in [0, 0.1) is 13.8 Å². The minimum Gasteiger partial charge on any atom is -0.317 e. The van der Waals surface area contributed by atoms with Crippen LogP contribution in [0.3, 0.4) is 0 Å². The van der Waals surface area contributed by atoms with Gasteiger partial charge in [-0.05, 0) is 50.1 Å². The normalized spacial score (nSPS) is 11.2. The van der Waals surface area contributed by atoms with Crippen LogP contribution in [0.4, 0.5) is 0 Å². The molecule has 1 aromatic heterocycles. The summed E-state index contributed by atoms with van der Waals surface area (Å²) in [6.45, 7) is 6.38. The van der Waals surface area contributed by atoms with Crippen molar-refractivity contribution in [1.82, 2.24) is 4.57 Å². The molecule has 1 heterocycles. The van der Waals surface area contributed by atoms with Gasteiger partial charge in [0.15, 0.2) is 0 Å². The van der Waals surface area contributed by atoms with Crippen LogP contribution in [-0.4, -0.2) is 4.57 Å². The molecule has 0 bridgehead atoms. The number of aryl methyl sites for hydroxylation is 1. The van der Waals surface area contributed by atoms with E-state index in [0.717, 1.165) is 0 Å². The fourth-order valence-electron chi connectivity index (χ4n) is 1.91. The van der Waals surface area contributed by atoms with Crippen LogP contribution < -0.4 is 0 Å². The van der Waals surface area contributed by atoms with E-state index in [9.17, 15) is 0 Å². The second kappa shape index (κ2) is 4.40. The fraction of sp³-hybridized carbons (Fsp3) is 0.200. The Morgan fingerprint density at radius 3 is 2.38 bits per heavy atom. The summed E-state index contributed by atoms with van der Waals surface area (Å²) in [6, 6.07) is 10.4. The van der Waals surface area contributed by atoms with Crippen LogP contribution in [-0.2, 0) is 0 Å². The van der Waals surface area contributed by atoms with Gasteiger partial charge in [-0.1, -0.05) is 24.3 Å². The molecule has 0 unspecified atom stereocenters. The number of para-hydroxylation sites is 1. The average Bonchev–Trinajstić information content (AvgIpc) is 2.59. The van der Waals surface area contributed by atoms with Crippen molar-refractivity contribution < 1.29 is 0 Å². The number of rotatable bonds is 2. The topological polar surface area (TPSA) is 4.93 Å². The number of hydrogen-bond acceptors (Lipinski definition) is 0. The van der Waals surface area contributed by atoms with Gasteiger partial charge in [0.1, 0.15) is 0 Å². The zero-order valence-corrected chi connectivity index (χ0v) is 10.1. The summed E-state index contributed by atoms with van der Waals surface area (Å²) in [5.41, 5.74) is 5.16. The van der Waals surface area contributed by atoms with Crippen LogP contribution >= 0.6 is 0 Å². The molecule has 82 valence electrons. The monoisotopic (exact) mass is 211 g/mol. The maximum absolute atomic E-state index is 2.24. The molecule has 0 fully saturated rings. The Morgan fingerprint density at radius 2 is 1.75 bits per heavy atom. The van der Waals surface area contributed by atoms with E-state index in [-0.39, 0.29) is 0 Å². The minimum atomic E-state index is 1.21. The van der Waals surface area contributed by atoms with Crippen molar-refractivity contribution in [3.8, 4) is 5.69 Å². The smallest absolute Gasteiger partial charge is 0.0484 e. The van der Waals surface area contributed by atoms with E-state index in [1.165, 1.54) is 22.5 Å². The van der Waals surface area contributed by atoms with Crippen LogP contribution in [0.5, 0.6) is 0 Å². The first-order valence-electron chi connectivity index (χ1n) is 5.60. The lowest BCUT2D eigenvalue weighted by atomic mass is 10.2. The molecule has 2 rings (SSSR count). The standard InChI is InChI=1S/C15H17N/c1-4-8-15-13(3)12(2)11-16(15)14-9-6-5-7-10-14/h4-11H,1-3H3/b8-4-. The fourth-order valence-corrected chi connectivity index (χ4v) is 1.91. The number of nitrogens with zero attached hydrogens (tertiary/aromatic N) is 1. The van der Waals surface area contributed by atoms with Gasteiger partial charge in [-0.15, -0.1) is 0 Å². The van der Waals surface area contributed by atoms with Gasteiger partial charge in [0.05, 0.1) is 0 Å². The first-order valence-corrected chi connectivity index (χ1v) is 5.60. The number of benzene rings is 1. The molecule has 0 atom stereocenters. The summed E-state index contributed by atoms with van der Waals surface area (Å²) >= 11 is 0. The minimum absolute atomic E-state index is 1.21. The Morgan fingerprint density at radius 1 is 1.06 bits per heavy atom. The van der Waals surface area contributed by atoms with Crippen LogP contribution in [0.2, 0.25) is 0 Å². The van der Waals surface area contributed by atoms with Gasteiger partial charge in [-0.25, -0.2) is 0 Å². The molecule has 2 aromatic rings. The quantitative estimate of drug-likeness (QED) is 0.704. The first kappa shape index (κ1) is 10.7. The van der Waals surface area contributed by atoms with Gasteiger partial charge in [0.2, 0.25) is 0 Å². The molecule has 0 spiro atoms. The number of hydrogen-bond donors (Lipinski definition) is 0. The van der Waals surface area contributed by atoms with E-state index in [1.54, 1.807) is 0 Å². The van der Waals surface area contributed by atoms with E-state index < -0.39 is 0 Å². The second-order valence-electron chi connectivity index (χ2n) is 4.03. The summed E-state index contributed by atoms with van der Waals surface area (Å²) in [4.78, 5) is 0. The lowest BCUT2D eigenvalue weighted by Crippen LogP contribution is -1.94. The molecule has 0 aliphatic rings. The van der Waals surface area contributed by atoms with E-state index in [2.05, 4.69) is 68.0 Å². The van der Waals surface area contributed by atoms with Gasteiger partial charge in [-0.3, -0.25) is 0 Å². The van der Waals surface area contributed by atoms with Crippen molar-refractivity contribution in [3.05, 3.63) is 59.4 Å². The lowest BCUT2D eigenvalue weighted by Gasteiger charge is -2.06. The molecule has 0 saturated carbocycles. The highest BCUT2D eigenvalue weighted by Crippen LogP contribution is 2.21. The maximum atomic E-state index is 2.24. The summed E-state index contributed by atoms with van der Waals surface area (Å²) < 4.78 is 2.24. The lowest BCUT2D eigenvalue weighted by molar-refractivity contribution is 1.05. The summed E-state index contributed by atoms with van der Waals surface area (Å²) in [5, 5.41) is 0. The molecule has 1 aromatic carbocycles. The van der Waals surface area contributed by atoms with Gasteiger partial charge in [0, 0.05) is 17.6 Å². The maximum Gasteiger partial charge on any atom is 0.0484 e. The third-order valence-corrected chi connectivity index (χ3v) is 2.92.